The van der Waals surface area contributed by atoms with Gasteiger partial charge in [-0.25, -0.2) is 0 Å². The van der Waals surface area contributed by atoms with Crippen LogP contribution in [0.5, 0.6) is 0 Å². The summed E-state index contributed by atoms with van der Waals surface area (Å²) < 4.78 is 17.0. The summed E-state index contributed by atoms with van der Waals surface area (Å²) in [6.07, 6.45) is 10.5. The summed E-state index contributed by atoms with van der Waals surface area (Å²) in [5.41, 5.74) is 5.29. The van der Waals surface area contributed by atoms with Gasteiger partial charge < -0.3 is 12.3 Å². The topological polar surface area (TPSA) is 27.7 Å². The summed E-state index contributed by atoms with van der Waals surface area (Å²) in [6.45, 7) is 7.91. The van der Waals surface area contributed by atoms with E-state index in [1.54, 1.807) is 0 Å². The molecule has 0 aromatic rings. The summed E-state index contributed by atoms with van der Waals surface area (Å²) in [7, 11) is -6.07. The third kappa shape index (κ3) is 7.76. The highest BCUT2D eigenvalue weighted by Gasteiger charge is 2.17. The molecule has 0 N–H and O–H groups in total. The molecule has 4 unspecified atom stereocenters. The van der Waals surface area contributed by atoms with Crippen molar-refractivity contribution in [2.24, 2.45) is 0 Å². The molecule has 0 bridgehead atoms. The Kier molecular flexibility index (Phi) is 8.00. The van der Waals surface area contributed by atoms with Crippen molar-refractivity contribution in [3.63, 3.8) is 0 Å². The molecule has 15 heavy (non-hydrogen) atoms. The van der Waals surface area contributed by atoms with E-state index in [0.717, 1.165) is 0 Å². The van der Waals surface area contributed by atoms with Gasteiger partial charge in [0.25, 0.3) is 18.6 Å². The molecule has 0 saturated carbocycles. The molecule has 0 aromatic heterocycles. The Morgan fingerprint density at radius 3 is 1.33 bits per heavy atom. The fraction of sp³-hybridized carbons (Fsp3) is 0.500. The van der Waals surface area contributed by atoms with Crippen LogP contribution in [0.1, 0.15) is 0 Å². The summed E-state index contributed by atoms with van der Waals surface area (Å²) >= 11 is 0. The Labute approximate surface area is 99.3 Å². The van der Waals surface area contributed by atoms with Crippen LogP contribution in [0.15, 0.2) is 0 Å². The first-order valence-electron chi connectivity index (χ1n) is 4.88. The predicted molar refractivity (Wildman–Crippen MR) is 73.0 cm³/mol. The van der Waals surface area contributed by atoms with Gasteiger partial charge in [0.2, 0.25) is 18.1 Å². The monoisotopic (exact) mass is 274 g/mol. The van der Waals surface area contributed by atoms with E-state index in [0.29, 0.717) is 0 Å². The molecule has 0 fully saturated rings. The minimum absolute atomic E-state index is 1.44. The van der Waals surface area contributed by atoms with Crippen LogP contribution in [0.25, 0.3) is 0 Å². The van der Waals surface area contributed by atoms with Crippen molar-refractivity contribution >= 4 is 36.6 Å². The van der Waals surface area contributed by atoms with Gasteiger partial charge in [-0.2, -0.15) is 0 Å². The average molecular weight is 275 g/mol. The quantitative estimate of drug-likeness (QED) is 0.495. The van der Waals surface area contributed by atoms with E-state index in [-0.39, 0.29) is 0 Å². The van der Waals surface area contributed by atoms with Crippen LogP contribution >= 0.6 is 0 Å². The molecule has 0 amide bonds. The lowest BCUT2D eigenvalue weighted by Gasteiger charge is -2.20. The Morgan fingerprint density at radius 2 is 1.07 bits per heavy atom. The molecule has 0 saturated heterocycles. The summed E-state index contributed by atoms with van der Waals surface area (Å²) in [5.74, 6) is 0. The van der Waals surface area contributed by atoms with Crippen LogP contribution in [-0.4, -0.2) is 36.6 Å². The number of hydrogen-bond acceptors (Lipinski definition) is 3. The molecule has 0 radical (unpaired) electrons. The minimum Gasteiger partial charge on any atom is -0.431 e. The van der Waals surface area contributed by atoms with Crippen LogP contribution in [0.4, 0.5) is 0 Å². The second-order valence-corrected chi connectivity index (χ2v) is 11.9. The van der Waals surface area contributed by atoms with Crippen molar-refractivity contribution in [3.8, 4) is 23.9 Å². The van der Waals surface area contributed by atoms with Crippen molar-refractivity contribution in [2.45, 2.75) is 26.2 Å². The molecule has 0 aromatic carbocycles. The molecular formula is C8H18O3Si4. The molecule has 0 heterocycles. The van der Waals surface area contributed by atoms with Crippen LogP contribution < -0.4 is 0 Å². The molecule has 4 atom stereocenters. The molecule has 84 valence electrons. The summed E-state index contributed by atoms with van der Waals surface area (Å²) in [4.78, 5) is 0. The average Bonchev–Trinajstić information content (AvgIpc) is 2.16. The van der Waals surface area contributed by atoms with Gasteiger partial charge >= 0.3 is 0 Å². The summed E-state index contributed by atoms with van der Waals surface area (Å²) in [5, 5.41) is 0. The van der Waals surface area contributed by atoms with Gasteiger partial charge in [-0.05, 0) is 26.2 Å². The van der Waals surface area contributed by atoms with E-state index >= 15 is 0 Å². The normalized spacial score (nSPS) is 18.3. The van der Waals surface area contributed by atoms with Gasteiger partial charge in [0.1, 0.15) is 0 Å². The first-order chi connectivity index (χ1) is 6.99. The van der Waals surface area contributed by atoms with E-state index in [9.17, 15) is 0 Å². The molecular weight excluding hydrogens is 256 g/mol. The maximum Gasteiger partial charge on any atom is 0.299 e. The van der Waals surface area contributed by atoms with E-state index < -0.39 is 36.6 Å². The van der Waals surface area contributed by atoms with Crippen molar-refractivity contribution in [3.05, 3.63) is 0 Å². The molecule has 7 heteroatoms. The van der Waals surface area contributed by atoms with Gasteiger partial charge in [0.05, 0.1) is 0 Å². The fourth-order valence-corrected chi connectivity index (χ4v) is 10.0. The maximum atomic E-state index is 5.71. The third-order valence-electron chi connectivity index (χ3n) is 1.64. The molecule has 3 nitrogen and oxygen atoms in total. The van der Waals surface area contributed by atoms with Gasteiger partial charge in [0, 0.05) is 0 Å². The third-order valence-corrected chi connectivity index (χ3v) is 12.0. The Balaban J connectivity index is 3.82. The standard InChI is InChI=1S/C8H18O3Si4/c1-7-12(3)9-14(5)11-15(6)10-13(4)8-2/h1-2,12-15H,3-6H3. The van der Waals surface area contributed by atoms with E-state index in [1.165, 1.54) is 0 Å². The first-order valence-corrected chi connectivity index (χ1v) is 13.5. The van der Waals surface area contributed by atoms with E-state index in [1.807, 2.05) is 26.2 Å². The van der Waals surface area contributed by atoms with Gasteiger partial charge in [-0.15, -0.1) is 23.9 Å². The number of hydrogen-bond donors (Lipinski definition) is 0. The largest absolute Gasteiger partial charge is 0.431 e. The van der Waals surface area contributed by atoms with E-state index in [4.69, 9.17) is 25.2 Å². The second-order valence-electron chi connectivity index (χ2n) is 3.16. The zero-order chi connectivity index (χ0) is 11.8. The summed E-state index contributed by atoms with van der Waals surface area (Å²) in [6, 6.07) is 0. The lowest BCUT2D eigenvalue weighted by atomic mass is 11.4. The van der Waals surface area contributed by atoms with Crippen LogP contribution in [0.3, 0.4) is 0 Å². The zero-order valence-corrected chi connectivity index (χ0v) is 14.3. The van der Waals surface area contributed by atoms with Crippen LogP contribution in [0.2, 0.25) is 26.2 Å². The highest BCUT2D eigenvalue weighted by atomic mass is 28.4. The van der Waals surface area contributed by atoms with Crippen molar-refractivity contribution in [1.29, 1.82) is 0 Å². The molecule has 0 aliphatic rings. The van der Waals surface area contributed by atoms with Gasteiger partial charge in [-0.1, -0.05) is 0 Å². The smallest absolute Gasteiger partial charge is 0.299 e. The highest BCUT2D eigenvalue weighted by molar-refractivity contribution is 6.73. The molecule has 0 rings (SSSR count). The first kappa shape index (κ1) is 14.9. The Hall–Kier alpha value is -0.132. The fourth-order valence-electron chi connectivity index (χ4n) is 0.988. The lowest BCUT2D eigenvalue weighted by molar-refractivity contribution is 0.388. The van der Waals surface area contributed by atoms with Crippen molar-refractivity contribution in [1.82, 2.24) is 0 Å². The van der Waals surface area contributed by atoms with Gasteiger partial charge in [0.15, 0.2) is 0 Å². The number of rotatable bonds is 6. The van der Waals surface area contributed by atoms with Gasteiger partial charge in [-0.3, -0.25) is 0 Å². The lowest BCUT2D eigenvalue weighted by Crippen LogP contribution is -2.35. The minimum atomic E-state index is -1.60. The molecule has 0 aliphatic heterocycles. The SMILES string of the molecule is C#C[SiH](C)O[SiH](C)O[SiH](C)O[SiH](C)C#C. The van der Waals surface area contributed by atoms with Crippen LogP contribution in [-0.2, 0) is 12.3 Å². The Morgan fingerprint density at radius 1 is 0.733 bits per heavy atom. The highest BCUT2D eigenvalue weighted by Crippen LogP contribution is 1.98. The predicted octanol–water partition coefficient (Wildman–Crippen LogP) is -0.211. The number of terminal acetylenes is 2. The van der Waals surface area contributed by atoms with Crippen LogP contribution in [0, 0.1) is 23.9 Å². The zero-order valence-electron chi connectivity index (χ0n) is 9.69. The second kappa shape index (κ2) is 8.07. The molecule has 0 aliphatic carbocycles. The Bertz CT molecular complexity index is 234. The maximum absolute atomic E-state index is 5.71. The van der Waals surface area contributed by atoms with Crippen molar-refractivity contribution in [2.75, 3.05) is 0 Å². The molecule has 0 spiro atoms. The van der Waals surface area contributed by atoms with E-state index in [2.05, 4.69) is 11.1 Å². The van der Waals surface area contributed by atoms with Crippen molar-refractivity contribution < 1.29 is 12.3 Å².